The molecular weight excluding hydrogens is 262 g/mol. The molecule has 0 amide bonds. The molecule has 0 saturated heterocycles. The van der Waals surface area contributed by atoms with Crippen molar-refractivity contribution in [1.29, 1.82) is 0 Å². The Morgan fingerprint density at radius 3 is 2.53 bits per heavy atom. The lowest BCUT2D eigenvalue weighted by Gasteiger charge is -2.19. The topological polar surface area (TPSA) is 44.5 Å². The van der Waals surface area contributed by atoms with Crippen molar-refractivity contribution in [3.05, 3.63) is 59.1 Å². The van der Waals surface area contributed by atoms with E-state index in [1.54, 1.807) is 7.11 Å². The van der Waals surface area contributed by atoms with Crippen LogP contribution in [-0.2, 0) is 0 Å². The van der Waals surface area contributed by atoms with Crippen LogP contribution in [-0.4, -0.2) is 13.7 Å². The molecule has 0 saturated carbocycles. The number of benzene rings is 2. The van der Waals surface area contributed by atoms with Crippen LogP contribution in [0.3, 0.4) is 0 Å². The molecule has 1 unspecified atom stereocenters. The fourth-order valence-corrected chi connectivity index (χ4v) is 2.07. The Hall–Kier alpha value is -1.71. The highest BCUT2D eigenvalue weighted by molar-refractivity contribution is 6.31. The van der Waals surface area contributed by atoms with Gasteiger partial charge in [-0.25, -0.2) is 0 Å². The number of nitrogens with two attached hydrogens (primary N) is 1. The van der Waals surface area contributed by atoms with Crippen LogP contribution in [0, 0.1) is 0 Å². The lowest BCUT2D eigenvalue weighted by molar-refractivity contribution is 0.213. The molecule has 0 radical (unpaired) electrons. The van der Waals surface area contributed by atoms with E-state index >= 15 is 0 Å². The summed E-state index contributed by atoms with van der Waals surface area (Å²) in [5, 5.41) is 0.654. The summed E-state index contributed by atoms with van der Waals surface area (Å²) in [7, 11) is 1.62. The predicted octanol–water partition coefficient (Wildman–Crippen LogP) is 3.43. The van der Waals surface area contributed by atoms with Crippen molar-refractivity contribution in [3.63, 3.8) is 0 Å². The van der Waals surface area contributed by atoms with Gasteiger partial charge < -0.3 is 15.2 Å². The van der Waals surface area contributed by atoms with Crippen molar-refractivity contribution in [2.45, 2.75) is 6.10 Å². The van der Waals surface area contributed by atoms with Gasteiger partial charge in [0.25, 0.3) is 0 Å². The van der Waals surface area contributed by atoms with Crippen molar-refractivity contribution in [2.75, 3.05) is 13.7 Å². The minimum atomic E-state index is -0.277. The number of halogens is 1. The van der Waals surface area contributed by atoms with Gasteiger partial charge in [-0.2, -0.15) is 0 Å². The number of ether oxygens (including phenoxy) is 2. The van der Waals surface area contributed by atoms with Crippen LogP contribution >= 0.6 is 11.6 Å². The van der Waals surface area contributed by atoms with Gasteiger partial charge in [-0.15, -0.1) is 0 Å². The number of hydrogen-bond acceptors (Lipinski definition) is 3. The van der Waals surface area contributed by atoms with E-state index in [0.717, 1.165) is 11.3 Å². The summed E-state index contributed by atoms with van der Waals surface area (Å²) >= 11 is 6.16. The molecule has 0 aliphatic heterocycles. The maximum Gasteiger partial charge on any atom is 0.137 e. The predicted molar refractivity (Wildman–Crippen MR) is 76.9 cm³/mol. The standard InChI is InChI=1S/C15H16ClNO2/c1-18-11-5-4-6-12(9-11)19-15(10-17)13-7-2-3-8-14(13)16/h2-9,15H,10,17H2,1H3. The third-order valence-electron chi connectivity index (χ3n) is 2.79. The maximum atomic E-state index is 6.16. The van der Waals surface area contributed by atoms with Crippen molar-refractivity contribution in [1.82, 2.24) is 0 Å². The average molecular weight is 278 g/mol. The molecule has 1 atom stereocenters. The number of methoxy groups -OCH3 is 1. The van der Waals surface area contributed by atoms with Gasteiger partial charge in [0.1, 0.15) is 17.6 Å². The van der Waals surface area contributed by atoms with E-state index in [4.69, 9.17) is 26.8 Å². The number of rotatable bonds is 5. The molecule has 4 heteroatoms. The molecule has 0 fully saturated rings. The van der Waals surface area contributed by atoms with Gasteiger partial charge in [0, 0.05) is 23.2 Å². The second-order valence-electron chi connectivity index (χ2n) is 4.04. The summed E-state index contributed by atoms with van der Waals surface area (Å²) in [6.45, 7) is 0.348. The first-order valence-corrected chi connectivity index (χ1v) is 6.37. The molecule has 2 aromatic carbocycles. The first-order chi connectivity index (χ1) is 9.24. The van der Waals surface area contributed by atoms with Gasteiger partial charge >= 0.3 is 0 Å². The van der Waals surface area contributed by atoms with Crippen LogP contribution < -0.4 is 15.2 Å². The van der Waals surface area contributed by atoms with Crippen LogP contribution in [0.4, 0.5) is 0 Å². The fourth-order valence-electron chi connectivity index (χ4n) is 1.81. The largest absolute Gasteiger partial charge is 0.497 e. The van der Waals surface area contributed by atoms with E-state index in [0.29, 0.717) is 17.3 Å². The van der Waals surface area contributed by atoms with Crippen LogP contribution in [0.5, 0.6) is 11.5 Å². The Balaban J connectivity index is 2.21. The molecule has 0 heterocycles. The Kier molecular flexibility index (Phi) is 4.66. The van der Waals surface area contributed by atoms with E-state index in [2.05, 4.69) is 0 Å². The van der Waals surface area contributed by atoms with Gasteiger partial charge in [0.05, 0.1) is 7.11 Å². The Labute approximate surface area is 117 Å². The summed E-state index contributed by atoms with van der Waals surface area (Å²) in [4.78, 5) is 0. The first kappa shape index (κ1) is 13.7. The Morgan fingerprint density at radius 2 is 1.84 bits per heavy atom. The summed E-state index contributed by atoms with van der Waals surface area (Å²) in [5.41, 5.74) is 6.66. The van der Waals surface area contributed by atoms with Crippen molar-refractivity contribution >= 4 is 11.6 Å². The molecular formula is C15H16ClNO2. The molecule has 0 spiro atoms. The number of hydrogen-bond donors (Lipinski definition) is 1. The minimum absolute atomic E-state index is 0.277. The monoisotopic (exact) mass is 277 g/mol. The zero-order valence-corrected chi connectivity index (χ0v) is 11.4. The van der Waals surface area contributed by atoms with Gasteiger partial charge in [-0.05, 0) is 18.2 Å². The Bertz CT molecular complexity index is 545. The smallest absolute Gasteiger partial charge is 0.137 e. The fraction of sp³-hybridized carbons (Fsp3) is 0.200. The van der Waals surface area contributed by atoms with Crippen LogP contribution in [0.15, 0.2) is 48.5 Å². The molecule has 19 heavy (non-hydrogen) atoms. The highest BCUT2D eigenvalue weighted by Crippen LogP contribution is 2.28. The van der Waals surface area contributed by atoms with Crippen molar-refractivity contribution in [2.24, 2.45) is 5.73 Å². The van der Waals surface area contributed by atoms with E-state index in [-0.39, 0.29) is 6.10 Å². The summed E-state index contributed by atoms with van der Waals surface area (Å²) in [6.07, 6.45) is -0.277. The molecule has 2 N–H and O–H groups in total. The van der Waals surface area contributed by atoms with Crippen molar-refractivity contribution in [3.8, 4) is 11.5 Å². The normalized spacial score (nSPS) is 11.9. The second-order valence-corrected chi connectivity index (χ2v) is 4.45. The molecule has 0 aromatic heterocycles. The maximum absolute atomic E-state index is 6.16. The lowest BCUT2D eigenvalue weighted by Crippen LogP contribution is -2.18. The third kappa shape index (κ3) is 3.40. The third-order valence-corrected chi connectivity index (χ3v) is 3.13. The van der Waals surface area contributed by atoms with E-state index in [1.807, 2.05) is 48.5 Å². The molecule has 0 aliphatic carbocycles. The average Bonchev–Trinajstić information content (AvgIpc) is 2.46. The second kappa shape index (κ2) is 6.45. The van der Waals surface area contributed by atoms with Gasteiger partial charge in [0.15, 0.2) is 0 Å². The van der Waals surface area contributed by atoms with Gasteiger partial charge in [-0.1, -0.05) is 35.9 Å². The quantitative estimate of drug-likeness (QED) is 0.911. The summed E-state index contributed by atoms with van der Waals surface area (Å²) in [6, 6.07) is 15.0. The van der Waals surface area contributed by atoms with Crippen molar-refractivity contribution < 1.29 is 9.47 Å². The van der Waals surface area contributed by atoms with Crippen LogP contribution in [0.2, 0.25) is 5.02 Å². The summed E-state index contributed by atoms with van der Waals surface area (Å²) in [5.74, 6) is 1.45. The molecule has 0 bridgehead atoms. The molecule has 100 valence electrons. The lowest BCUT2D eigenvalue weighted by atomic mass is 10.1. The molecule has 0 aliphatic rings. The SMILES string of the molecule is COc1cccc(OC(CN)c2ccccc2Cl)c1. The zero-order valence-electron chi connectivity index (χ0n) is 10.7. The highest BCUT2D eigenvalue weighted by Gasteiger charge is 2.14. The van der Waals surface area contributed by atoms with Crippen LogP contribution in [0.1, 0.15) is 11.7 Å². The van der Waals surface area contributed by atoms with E-state index in [1.165, 1.54) is 0 Å². The van der Waals surface area contributed by atoms with Crippen LogP contribution in [0.25, 0.3) is 0 Å². The van der Waals surface area contributed by atoms with E-state index in [9.17, 15) is 0 Å². The minimum Gasteiger partial charge on any atom is -0.497 e. The Morgan fingerprint density at radius 1 is 1.11 bits per heavy atom. The highest BCUT2D eigenvalue weighted by atomic mass is 35.5. The zero-order chi connectivity index (χ0) is 13.7. The van der Waals surface area contributed by atoms with Gasteiger partial charge in [-0.3, -0.25) is 0 Å². The molecule has 3 nitrogen and oxygen atoms in total. The summed E-state index contributed by atoms with van der Waals surface area (Å²) < 4.78 is 11.0. The van der Waals surface area contributed by atoms with E-state index < -0.39 is 0 Å². The first-order valence-electron chi connectivity index (χ1n) is 6.00. The molecule has 2 aromatic rings. The van der Waals surface area contributed by atoms with Gasteiger partial charge in [0.2, 0.25) is 0 Å². The molecule has 2 rings (SSSR count).